The summed E-state index contributed by atoms with van der Waals surface area (Å²) >= 11 is 0. The summed E-state index contributed by atoms with van der Waals surface area (Å²) in [5, 5.41) is 19.2. The van der Waals surface area contributed by atoms with Gasteiger partial charge in [-0.1, -0.05) is 12.1 Å². The topological polar surface area (TPSA) is 104 Å². The fourth-order valence-corrected chi connectivity index (χ4v) is 2.98. The zero-order valence-corrected chi connectivity index (χ0v) is 15.2. The Morgan fingerprint density at radius 2 is 2.07 bits per heavy atom. The van der Waals surface area contributed by atoms with E-state index in [9.17, 15) is 9.18 Å². The van der Waals surface area contributed by atoms with Crippen molar-refractivity contribution in [2.45, 2.75) is 0 Å². The second-order valence-corrected chi connectivity index (χ2v) is 6.15. The average Bonchev–Trinajstić information content (AvgIpc) is 3.15. The zero-order valence-electron chi connectivity index (χ0n) is 15.2. The van der Waals surface area contributed by atoms with E-state index < -0.39 is 11.7 Å². The van der Waals surface area contributed by atoms with E-state index in [0.29, 0.717) is 33.5 Å². The fraction of sp³-hybridized carbons (Fsp3) is 0.0476. The highest BCUT2D eigenvalue weighted by molar-refractivity contribution is 6.08. The van der Waals surface area contributed by atoms with Gasteiger partial charge in [0.2, 0.25) is 0 Å². The highest BCUT2D eigenvalue weighted by Gasteiger charge is 2.17. The number of amides is 1. The second kappa shape index (κ2) is 7.40. The Bertz CT molecular complexity index is 1280. The number of aromatic nitrogens is 3. The standard InChI is InChI=1S/C21H14FN5O2/c1-29-18-7-3-6-15(22)19(18)16-9-14-17(11-24-16)26-27-20(14)25-21(28)13-5-2-4-12(8-13)10-23/h2-9,11H,1H3,(H2,25,26,27,28). The number of H-pyrrole nitrogens is 1. The molecule has 0 aliphatic carbocycles. The van der Waals surface area contributed by atoms with Crippen molar-refractivity contribution in [3.05, 3.63) is 71.7 Å². The first-order valence-corrected chi connectivity index (χ1v) is 8.59. The van der Waals surface area contributed by atoms with E-state index in [4.69, 9.17) is 10.00 Å². The van der Waals surface area contributed by atoms with Crippen LogP contribution < -0.4 is 10.1 Å². The van der Waals surface area contributed by atoms with Crippen LogP contribution in [0.1, 0.15) is 15.9 Å². The van der Waals surface area contributed by atoms with Crippen molar-refractivity contribution in [2.24, 2.45) is 0 Å². The van der Waals surface area contributed by atoms with Crippen molar-refractivity contribution < 1.29 is 13.9 Å². The van der Waals surface area contributed by atoms with Crippen molar-refractivity contribution in [1.82, 2.24) is 15.2 Å². The lowest BCUT2D eigenvalue weighted by atomic mass is 10.1. The smallest absolute Gasteiger partial charge is 0.256 e. The third-order valence-corrected chi connectivity index (χ3v) is 4.38. The highest BCUT2D eigenvalue weighted by Crippen LogP contribution is 2.33. The van der Waals surface area contributed by atoms with Crippen LogP contribution in [0.25, 0.3) is 22.2 Å². The van der Waals surface area contributed by atoms with Gasteiger partial charge >= 0.3 is 0 Å². The number of halogens is 1. The Morgan fingerprint density at radius 1 is 1.24 bits per heavy atom. The van der Waals surface area contributed by atoms with E-state index in [-0.39, 0.29) is 11.4 Å². The molecule has 7 nitrogen and oxygen atoms in total. The third kappa shape index (κ3) is 3.37. The molecule has 4 rings (SSSR count). The minimum absolute atomic E-state index is 0.220. The van der Waals surface area contributed by atoms with Gasteiger partial charge in [0.15, 0.2) is 5.82 Å². The predicted octanol–water partition coefficient (Wildman–Crippen LogP) is 3.90. The van der Waals surface area contributed by atoms with Crippen LogP contribution in [0.4, 0.5) is 10.2 Å². The van der Waals surface area contributed by atoms with Gasteiger partial charge in [0.1, 0.15) is 11.6 Å². The lowest BCUT2D eigenvalue weighted by molar-refractivity contribution is 0.102. The molecule has 0 spiro atoms. The number of nitrogens with one attached hydrogen (secondary N) is 2. The van der Waals surface area contributed by atoms with Gasteiger partial charge in [-0.15, -0.1) is 0 Å². The van der Waals surface area contributed by atoms with Crippen LogP contribution in [0.15, 0.2) is 54.7 Å². The lowest BCUT2D eigenvalue weighted by Crippen LogP contribution is -2.12. The van der Waals surface area contributed by atoms with E-state index in [1.54, 1.807) is 36.4 Å². The summed E-state index contributed by atoms with van der Waals surface area (Å²) in [4.78, 5) is 16.8. The van der Waals surface area contributed by atoms with Crippen LogP contribution in [0.5, 0.6) is 5.75 Å². The number of anilines is 1. The number of fused-ring (bicyclic) bond motifs is 1. The van der Waals surface area contributed by atoms with Crippen molar-refractivity contribution >= 4 is 22.6 Å². The molecule has 0 fully saturated rings. The van der Waals surface area contributed by atoms with Gasteiger partial charge in [-0.2, -0.15) is 10.4 Å². The molecule has 0 bridgehead atoms. The van der Waals surface area contributed by atoms with Gasteiger partial charge in [-0.3, -0.25) is 14.9 Å². The van der Waals surface area contributed by atoms with Crippen LogP contribution in [0.2, 0.25) is 0 Å². The van der Waals surface area contributed by atoms with Gasteiger partial charge in [0, 0.05) is 10.9 Å². The van der Waals surface area contributed by atoms with Crippen molar-refractivity contribution in [3.63, 3.8) is 0 Å². The number of pyridine rings is 1. The molecule has 0 aliphatic rings. The molecule has 1 amide bonds. The molecule has 0 atom stereocenters. The number of hydrogen-bond acceptors (Lipinski definition) is 5. The summed E-state index contributed by atoms with van der Waals surface area (Å²) in [6.07, 6.45) is 1.51. The van der Waals surface area contributed by atoms with Crippen LogP contribution in [-0.2, 0) is 0 Å². The molecule has 0 saturated heterocycles. The number of benzene rings is 2. The molecule has 0 unspecified atom stereocenters. The van der Waals surface area contributed by atoms with Crippen LogP contribution in [-0.4, -0.2) is 28.2 Å². The summed E-state index contributed by atoms with van der Waals surface area (Å²) in [5.74, 6) is -0.276. The maximum Gasteiger partial charge on any atom is 0.256 e. The summed E-state index contributed by atoms with van der Waals surface area (Å²) in [7, 11) is 1.45. The summed E-state index contributed by atoms with van der Waals surface area (Å²) < 4.78 is 19.7. The number of carbonyl (C=O) groups excluding carboxylic acids is 1. The maximum atomic E-state index is 14.4. The molecule has 0 aliphatic heterocycles. The number of nitrogens with zero attached hydrogens (tertiary/aromatic N) is 3. The molecule has 4 aromatic rings. The summed E-state index contributed by atoms with van der Waals surface area (Å²) in [6, 6.07) is 14.5. The predicted molar refractivity (Wildman–Crippen MR) is 105 cm³/mol. The van der Waals surface area contributed by atoms with Gasteiger partial charge in [-0.25, -0.2) is 4.39 Å². The van der Waals surface area contributed by atoms with E-state index in [2.05, 4.69) is 20.5 Å². The summed E-state index contributed by atoms with van der Waals surface area (Å²) in [5.41, 5.74) is 1.84. The van der Waals surface area contributed by atoms with E-state index in [1.165, 1.54) is 25.4 Å². The molecule has 8 heteroatoms. The number of methoxy groups -OCH3 is 1. The zero-order chi connectivity index (χ0) is 20.4. The molecular weight excluding hydrogens is 373 g/mol. The normalized spacial score (nSPS) is 10.5. The van der Waals surface area contributed by atoms with E-state index in [0.717, 1.165) is 0 Å². The van der Waals surface area contributed by atoms with Crippen molar-refractivity contribution in [2.75, 3.05) is 12.4 Å². The van der Waals surface area contributed by atoms with Gasteiger partial charge in [0.05, 0.1) is 41.7 Å². The van der Waals surface area contributed by atoms with E-state index >= 15 is 0 Å². The van der Waals surface area contributed by atoms with Crippen LogP contribution in [0, 0.1) is 17.1 Å². The number of ether oxygens (including phenoxy) is 1. The largest absolute Gasteiger partial charge is 0.496 e. The molecule has 142 valence electrons. The summed E-state index contributed by atoms with van der Waals surface area (Å²) in [6.45, 7) is 0. The first-order valence-electron chi connectivity index (χ1n) is 8.59. The quantitative estimate of drug-likeness (QED) is 0.553. The van der Waals surface area contributed by atoms with Gasteiger partial charge in [-0.05, 0) is 36.4 Å². The Kier molecular flexibility index (Phi) is 4.63. The second-order valence-electron chi connectivity index (χ2n) is 6.15. The van der Waals surface area contributed by atoms with Crippen molar-refractivity contribution in [1.29, 1.82) is 5.26 Å². The molecule has 2 aromatic carbocycles. The minimum Gasteiger partial charge on any atom is -0.496 e. The van der Waals surface area contributed by atoms with Crippen LogP contribution >= 0.6 is 0 Å². The molecular formula is C21H14FN5O2. The lowest BCUT2D eigenvalue weighted by Gasteiger charge is -2.09. The molecule has 2 N–H and O–H groups in total. The van der Waals surface area contributed by atoms with Gasteiger partial charge in [0.25, 0.3) is 5.91 Å². The first-order chi connectivity index (χ1) is 14.1. The molecule has 0 radical (unpaired) electrons. The van der Waals surface area contributed by atoms with E-state index in [1.807, 2.05) is 6.07 Å². The molecule has 2 heterocycles. The van der Waals surface area contributed by atoms with Crippen LogP contribution in [0.3, 0.4) is 0 Å². The Hall–Kier alpha value is -4.25. The Balaban J connectivity index is 1.73. The monoisotopic (exact) mass is 387 g/mol. The Morgan fingerprint density at radius 3 is 2.86 bits per heavy atom. The molecule has 29 heavy (non-hydrogen) atoms. The Labute approximate surface area is 164 Å². The SMILES string of the molecule is COc1cccc(F)c1-c1cc2c(NC(=O)c3cccc(C#N)c3)n[nH]c2cn1. The molecule has 2 aromatic heterocycles. The van der Waals surface area contributed by atoms with Gasteiger partial charge < -0.3 is 10.1 Å². The van der Waals surface area contributed by atoms with Crippen molar-refractivity contribution in [3.8, 4) is 23.1 Å². The number of hydrogen-bond donors (Lipinski definition) is 2. The maximum absolute atomic E-state index is 14.4. The number of rotatable bonds is 4. The minimum atomic E-state index is -0.474. The number of nitriles is 1. The number of carbonyl (C=O) groups is 1. The first kappa shape index (κ1) is 18.1. The average molecular weight is 387 g/mol. The highest BCUT2D eigenvalue weighted by atomic mass is 19.1. The number of aromatic amines is 1. The fourth-order valence-electron chi connectivity index (χ4n) is 2.98. The molecule has 0 saturated carbocycles. The third-order valence-electron chi connectivity index (χ3n) is 4.38.